The van der Waals surface area contributed by atoms with Crippen LogP contribution in [0.3, 0.4) is 0 Å². The lowest BCUT2D eigenvalue weighted by atomic mass is 10.2. The molecule has 0 spiro atoms. The van der Waals surface area contributed by atoms with Crippen molar-refractivity contribution in [2.75, 3.05) is 16.8 Å². The molecule has 1 saturated heterocycles. The lowest BCUT2D eigenvalue weighted by molar-refractivity contribution is -0.121. The van der Waals surface area contributed by atoms with Gasteiger partial charge in [-0.3, -0.25) is 14.6 Å². The van der Waals surface area contributed by atoms with Gasteiger partial charge in [0, 0.05) is 28.1 Å². The molecule has 0 aliphatic carbocycles. The number of nitrogens with one attached hydrogen (secondary N) is 1. The fraction of sp³-hybridized carbons (Fsp3) is 0.250. The zero-order valence-electron chi connectivity index (χ0n) is 15.4. The topological polar surface area (TPSA) is 61.8 Å². The third-order valence-electron chi connectivity index (χ3n) is 4.17. The van der Waals surface area contributed by atoms with Crippen LogP contribution in [0.15, 0.2) is 51.9 Å². The molecular weight excluding hydrogens is 462 g/mol. The lowest BCUT2D eigenvalue weighted by Gasteiger charge is -2.16. The summed E-state index contributed by atoms with van der Waals surface area (Å²) in [5.41, 5.74) is 2.35. The summed E-state index contributed by atoms with van der Waals surface area (Å²) < 4.78 is 0.889. The zero-order valence-corrected chi connectivity index (χ0v) is 18.6. The Morgan fingerprint density at radius 2 is 2.00 bits per heavy atom. The first kappa shape index (κ1) is 20.9. The Morgan fingerprint density at radius 3 is 2.64 bits per heavy atom. The Labute approximate surface area is 181 Å². The number of aryl methyl sites for hydroxylation is 1. The number of carbonyl (C=O) groups is 2. The van der Waals surface area contributed by atoms with Crippen LogP contribution in [0.25, 0.3) is 0 Å². The van der Waals surface area contributed by atoms with Crippen LogP contribution >= 0.6 is 39.3 Å². The molecule has 2 aromatic carbocycles. The fourth-order valence-corrected chi connectivity index (χ4v) is 4.26. The number of benzene rings is 2. The van der Waals surface area contributed by atoms with E-state index in [1.165, 1.54) is 16.7 Å². The highest BCUT2D eigenvalue weighted by Gasteiger charge is 2.40. The molecule has 28 heavy (non-hydrogen) atoms. The van der Waals surface area contributed by atoms with Crippen molar-refractivity contribution in [3.05, 3.63) is 57.5 Å². The van der Waals surface area contributed by atoms with Gasteiger partial charge in [0.05, 0.1) is 5.69 Å². The van der Waals surface area contributed by atoms with E-state index in [0.717, 1.165) is 15.7 Å². The molecule has 1 atom stereocenters. The third kappa shape index (κ3) is 4.77. The molecule has 5 nitrogen and oxygen atoms in total. The first-order valence-corrected chi connectivity index (χ1v) is 10.8. The third-order valence-corrected chi connectivity index (χ3v) is 6.21. The summed E-state index contributed by atoms with van der Waals surface area (Å²) in [4.78, 5) is 31.0. The predicted molar refractivity (Wildman–Crippen MR) is 120 cm³/mol. The van der Waals surface area contributed by atoms with Crippen molar-refractivity contribution in [2.45, 2.75) is 25.5 Å². The largest absolute Gasteiger partial charge is 0.335 e. The van der Waals surface area contributed by atoms with Crippen molar-refractivity contribution in [1.29, 1.82) is 0 Å². The van der Waals surface area contributed by atoms with Gasteiger partial charge in [-0.15, -0.1) is 0 Å². The highest BCUT2D eigenvalue weighted by Crippen LogP contribution is 2.31. The van der Waals surface area contributed by atoms with Crippen molar-refractivity contribution >= 4 is 67.6 Å². The predicted octanol–water partition coefficient (Wildman–Crippen LogP) is 5.26. The molecule has 0 aromatic heterocycles. The van der Waals surface area contributed by atoms with Crippen molar-refractivity contribution in [3.63, 3.8) is 0 Å². The van der Waals surface area contributed by atoms with Gasteiger partial charge in [-0.05, 0) is 55.8 Å². The van der Waals surface area contributed by atoms with Crippen LogP contribution < -0.4 is 10.2 Å². The number of imide groups is 1. The van der Waals surface area contributed by atoms with E-state index < -0.39 is 5.25 Å². The molecule has 1 aliphatic heterocycles. The number of amidine groups is 1. The number of amides is 2. The van der Waals surface area contributed by atoms with E-state index in [4.69, 9.17) is 11.6 Å². The number of hydrogen-bond acceptors (Lipinski definition) is 4. The minimum atomic E-state index is -0.519. The summed E-state index contributed by atoms with van der Waals surface area (Å²) in [5.74, 6) is -0.441. The number of aliphatic imine (C=N–C) groups is 1. The first-order chi connectivity index (χ1) is 13.4. The summed E-state index contributed by atoms with van der Waals surface area (Å²) in [6.45, 7) is 4.40. The molecule has 3 rings (SSSR count). The van der Waals surface area contributed by atoms with Crippen LogP contribution in [0.2, 0.25) is 5.02 Å². The maximum atomic E-state index is 12.9. The Morgan fingerprint density at radius 1 is 1.29 bits per heavy atom. The SMILES string of the molecule is CCN=C(Nc1ccc(C)c(Cl)c1)SC1CC(=O)N(c2ccc(Br)cc2)C1=O. The number of halogens is 2. The second-order valence-electron chi connectivity index (χ2n) is 6.22. The second kappa shape index (κ2) is 9.11. The average molecular weight is 481 g/mol. The van der Waals surface area contributed by atoms with E-state index in [2.05, 4.69) is 26.2 Å². The van der Waals surface area contributed by atoms with E-state index in [9.17, 15) is 9.59 Å². The molecule has 146 valence electrons. The van der Waals surface area contributed by atoms with E-state index in [0.29, 0.717) is 22.4 Å². The molecule has 2 amide bonds. The molecule has 0 radical (unpaired) electrons. The standard InChI is InChI=1S/C20H19BrClN3O2S/c1-3-23-20(24-14-7-4-12(2)16(22)10-14)28-17-11-18(26)25(19(17)27)15-8-5-13(21)6-9-15/h4-10,17H,3,11H2,1-2H3,(H,23,24). The van der Waals surface area contributed by atoms with Crippen LogP contribution in [-0.4, -0.2) is 28.8 Å². The summed E-state index contributed by atoms with van der Waals surface area (Å²) >= 11 is 10.8. The van der Waals surface area contributed by atoms with Gasteiger partial charge in [0.2, 0.25) is 11.8 Å². The lowest BCUT2D eigenvalue weighted by Crippen LogP contribution is -2.31. The highest BCUT2D eigenvalue weighted by molar-refractivity contribution is 9.10. The number of rotatable bonds is 4. The van der Waals surface area contributed by atoms with E-state index in [1.807, 2.05) is 44.2 Å². The minimum Gasteiger partial charge on any atom is -0.335 e. The van der Waals surface area contributed by atoms with Crippen LogP contribution in [0.1, 0.15) is 18.9 Å². The molecule has 2 aromatic rings. The van der Waals surface area contributed by atoms with Crippen molar-refractivity contribution in [3.8, 4) is 0 Å². The molecule has 1 unspecified atom stereocenters. The monoisotopic (exact) mass is 479 g/mol. The number of carbonyl (C=O) groups excluding carboxylic acids is 2. The number of anilines is 2. The molecule has 8 heteroatoms. The van der Waals surface area contributed by atoms with Gasteiger partial charge in [0.15, 0.2) is 5.17 Å². The van der Waals surface area contributed by atoms with E-state index in [-0.39, 0.29) is 18.2 Å². The van der Waals surface area contributed by atoms with Gasteiger partial charge in [0.25, 0.3) is 0 Å². The molecule has 1 heterocycles. The summed E-state index contributed by atoms with van der Waals surface area (Å²) in [5, 5.41) is 3.94. The maximum Gasteiger partial charge on any atom is 0.247 e. The van der Waals surface area contributed by atoms with Gasteiger partial charge in [-0.25, -0.2) is 4.90 Å². The Kier molecular flexibility index (Phi) is 6.80. The van der Waals surface area contributed by atoms with Crippen LogP contribution in [0, 0.1) is 6.92 Å². The van der Waals surface area contributed by atoms with Gasteiger partial charge in [0.1, 0.15) is 5.25 Å². The van der Waals surface area contributed by atoms with Gasteiger partial charge in [-0.1, -0.05) is 45.4 Å². The Hall–Kier alpha value is -1.83. The van der Waals surface area contributed by atoms with Crippen LogP contribution in [0.5, 0.6) is 0 Å². The molecule has 0 bridgehead atoms. The number of thioether (sulfide) groups is 1. The minimum absolute atomic E-state index is 0.138. The molecular formula is C20H19BrClN3O2S. The maximum absolute atomic E-state index is 12.9. The quantitative estimate of drug-likeness (QED) is 0.368. The Bertz CT molecular complexity index is 934. The molecule has 1 aliphatic rings. The fourth-order valence-electron chi connectivity index (χ4n) is 2.74. The number of nitrogens with zero attached hydrogens (tertiary/aromatic N) is 2. The smallest absolute Gasteiger partial charge is 0.247 e. The summed E-state index contributed by atoms with van der Waals surface area (Å²) in [6, 6.07) is 12.8. The Balaban J connectivity index is 1.75. The zero-order chi connectivity index (χ0) is 20.3. The van der Waals surface area contributed by atoms with E-state index in [1.54, 1.807) is 12.1 Å². The van der Waals surface area contributed by atoms with Gasteiger partial charge < -0.3 is 5.32 Å². The van der Waals surface area contributed by atoms with Crippen molar-refractivity contribution in [1.82, 2.24) is 0 Å². The van der Waals surface area contributed by atoms with Crippen molar-refractivity contribution < 1.29 is 9.59 Å². The van der Waals surface area contributed by atoms with Crippen molar-refractivity contribution in [2.24, 2.45) is 4.99 Å². The van der Waals surface area contributed by atoms with Crippen LogP contribution in [0.4, 0.5) is 11.4 Å². The normalized spacial score (nSPS) is 17.4. The van der Waals surface area contributed by atoms with E-state index >= 15 is 0 Å². The van der Waals surface area contributed by atoms with Gasteiger partial charge >= 0.3 is 0 Å². The van der Waals surface area contributed by atoms with Crippen LogP contribution in [-0.2, 0) is 9.59 Å². The van der Waals surface area contributed by atoms with Gasteiger partial charge in [-0.2, -0.15) is 0 Å². The number of hydrogen-bond donors (Lipinski definition) is 1. The summed E-state index contributed by atoms with van der Waals surface area (Å²) in [6.07, 6.45) is 0.138. The average Bonchev–Trinajstić information content (AvgIpc) is 2.93. The molecule has 1 N–H and O–H groups in total. The second-order valence-corrected chi connectivity index (χ2v) is 8.74. The highest BCUT2D eigenvalue weighted by atomic mass is 79.9. The molecule has 1 fully saturated rings. The first-order valence-electron chi connectivity index (χ1n) is 8.75. The molecule has 0 saturated carbocycles. The summed E-state index contributed by atoms with van der Waals surface area (Å²) in [7, 11) is 0.